The minimum atomic E-state index is -1.18. The van der Waals surface area contributed by atoms with E-state index in [1.165, 1.54) is 0 Å². The summed E-state index contributed by atoms with van der Waals surface area (Å²) >= 11 is 0. The van der Waals surface area contributed by atoms with Crippen LogP contribution in [0.5, 0.6) is 0 Å². The van der Waals surface area contributed by atoms with Gasteiger partial charge in [-0.1, -0.05) is 6.92 Å². The number of carbonyl (C=O) groups is 4. The molecule has 0 saturated heterocycles. The molecule has 0 aromatic carbocycles. The number of primary amides is 1. The Kier molecular flexibility index (Phi) is 7.34. The Morgan fingerprint density at radius 3 is 2.22 bits per heavy atom. The first kappa shape index (κ1) is 16.1. The van der Waals surface area contributed by atoms with Crippen LogP contribution in [0.15, 0.2) is 0 Å². The fraction of sp³-hybridized carbons (Fsp3) is 0.636. The number of aliphatic carboxylic acids is 1. The van der Waals surface area contributed by atoms with Crippen LogP contribution in [-0.4, -0.2) is 34.7 Å². The van der Waals surface area contributed by atoms with Crippen molar-refractivity contribution in [1.82, 2.24) is 5.32 Å². The number of carbonyl (C=O) groups excluding carboxylic acids is 3. The highest BCUT2D eigenvalue weighted by atomic mass is 16.4. The number of amides is 2. The SMILES string of the molecule is CCC(=O)NC(CCC(=O)CCC(N)=O)C(=O)O. The normalized spacial score (nSPS) is 11.6. The molecule has 0 fully saturated rings. The molecule has 7 nitrogen and oxygen atoms in total. The summed E-state index contributed by atoms with van der Waals surface area (Å²) in [6.07, 6.45) is 0.146. The molecule has 0 aromatic rings. The van der Waals surface area contributed by atoms with Crippen LogP contribution in [-0.2, 0) is 19.2 Å². The highest BCUT2D eigenvalue weighted by molar-refractivity contribution is 5.86. The van der Waals surface area contributed by atoms with Crippen molar-refractivity contribution in [2.24, 2.45) is 5.73 Å². The zero-order chi connectivity index (χ0) is 14.1. The van der Waals surface area contributed by atoms with Gasteiger partial charge in [-0.05, 0) is 6.42 Å². The minimum Gasteiger partial charge on any atom is -0.480 e. The molecule has 1 unspecified atom stereocenters. The minimum absolute atomic E-state index is 0.00337. The van der Waals surface area contributed by atoms with Crippen LogP contribution in [0.2, 0.25) is 0 Å². The molecule has 0 spiro atoms. The molecule has 0 bridgehead atoms. The quantitative estimate of drug-likeness (QED) is 0.517. The van der Waals surface area contributed by atoms with E-state index in [-0.39, 0.29) is 43.8 Å². The van der Waals surface area contributed by atoms with E-state index in [0.717, 1.165) is 0 Å². The van der Waals surface area contributed by atoms with E-state index in [1.54, 1.807) is 6.92 Å². The van der Waals surface area contributed by atoms with E-state index in [0.29, 0.717) is 0 Å². The third-order valence-corrected chi connectivity index (χ3v) is 2.32. The van der Waals surface area contributed by atoms with Gasteiger partial charge in [-0.15, -0.1) is 0 Å². The second-order valence-electron chi connectivity index (χ2n) is 3.86. The lowest BCUT2D eigenvalue weighted by Gasteiger charge is -2.13. The molecule has 0 saturated carbocycles. The second-order valence-corrected chi connectivity index (χ2v) is 3.86. The molecule has 2 amide bonds. The molecule has 4 N–H and O–H groups in total. The number of nitrogens with two attached hydrogens (primary N) is 1. The Hall–Kier alpha value is -1.92. The first-order valence-electron chi connectivity index (χ1n) is 5.69. The third kappa shape index (κ3) is 7.37. The number of carboxylic acid groups (broad SMARTS) is 1. The first-order chi connectivity index (χ1) is 8.36. The Bertz CT molecular complexity index is 340. The van der Waals surface area contributed by atoms with Gasteiger partial charge in [-0.3, -0.25) is 14.4 Å². The summed E-state index contributed by atoms with van der Waals surface area (Å²) in [6.45, 7) is 1.60. The molecule has 1 atom stereocenters. The summed E-state index contributed by atoms with van der Waals surface area (Å²) in [6, 6.07) is -1.07. The maximum Gasteiger partial charge on any atom is 0.326 e. The number of hydrogen-bond donors (Lipinski definition) is 3. The Morgan fingerprint density at radius 2 is 1.78 bits per heavy atom. The van der Waals surface area contributed by atoms with Crippen LogP contribution in [0, 0.1) is 0 Å². The zero-order valence-electron chi connectivity index (χ0n) is 10.3. The van der Waals surface area contributed by atoms with Crippen LogP contribution in [0.4, 0.5) is 0 Å². The Labute approximate surface area is 105 Å². The van der Waals surface area contributed by atoms with Gasteiger partial charge in [-0.2, -0.15) is 0 Å². The predicted octanol–water partition coefficient (Wildman–Crippen LogP) is -0.419. The van der Waals surface area contributed by atoms with Crippen molar-refractivity contribution in [3.8, 4) is 0 Å². The second kappa shape index (κ2) is 8.21. The largest absolute Gasteiger partial charge is 0.480 e. The van der Waals surface area contributed by atoms with Crippen molar-refractivity contribution in [3.63, 3.8) is 0 Å². The number of Topliss-reactive ketones (excluding diaryl/α,β-unsaturated/α-hetero) is 1. The number of rotatable bonds is 9. The highest BCUT2D eigenvalue weighted by Gasteiger charge is 2.20. The zero-order valence-corrected chi connectivity index (χ0v) is 10.3. The van der Waals surface area contributed by atoms with Gasteiger partial charge >= 0.3 is 5.97 Å². The molecular formula is C11H18N2O5. The predicted molar refractivity (Wildman–Crippen MR) is 62.5 cm³/mol. The standard InChI is InChI=1S/C11H18N2O5/c1-2-10(16)13-8(11(17)18)5-3-7(14)4-6-9(12)15/h8H,2-6H2,1H3,(H2,12,15)(H,13,16)(H,17,18). The number of hydrogen-bond acceptors (Lipinski definition) is 4. The van der Waals surface area contributed by atoms with Crippen LogP contribution < -0.4 is 11.1 Å². The lowest BCUT2D eigenvalue weighted by atomic mass is 10.1. The molecule has 102 valence electrons. The average Bonchev–Trinajstić information content (AvgIpc) is 2.30. The Morgan fingerprint density at radius 1 is 1.17 bits per heavy atom. The van der Waals surface area contributed by atoms with Crippen LogP contribution in [0.25, 0.3) is 0 Å². The molecule has 0 radical (unpaired) electrons. The summed E-state index contributed by atoms with van der Waals surface area (Å²) in [5.41, 5.74) is 4.89. The van der Waals surface area contributed by atoms with E-state index in [9.17, 15) is 19.2 Å². The molecular weight excluding hydrogens is 240 g/mol. The van der Waals surface area contributed by atoms with Crippen molar-refractivity contribution < 1.29 is 24.3 Å². The fourth-order valence-electron chi connectivity index (χ4n) is 1.25. The van der Waals surface area contributed by atoms with E-state index in [1.807, 2.05) is 0 Å². The van der Waals surface area contributed by atoms with Crippen molar-refractivity contribution in [3.05, 3.63) is 0 Å². The van der Waals surface area contributed by atoms with Gasteiger partial charge in [0.1, 0.15) is 11.8 Å². The molecule has 0 aliphatic rings. The molecule has 7 heteroatoms. The van der Waals surface area contributed by atoms with Crippen molar-refractivity contribution in [1.29, 1.82) is 0 Å². The molecule has 0 aliphatic heterocycles. The van der Waals surface area contributed by atoms with E-state index in [4.69, 9.17) is 10.8 Å². The summed E-state index contributed by atoms with van der Waals surface area (Å²) in [7, 11) is 0. The first-order valence-corrected chi connectivity index (χ1v) is 5.69. The number of nitrogens with one attached hydrogen (secondary N) is 1. The monoisotopic (exact) mass is 258 g/mol. The Balaban J connectivity index is 4.11. The lowest BCUT2D eigenvalue weighted by molar-refractivity contribution is -0.142. The van der Waals surface area contributed by atoms with Crippen molar-refractivity contribution >= 4 is 23.6 Å². The van der Waals surface area contributed by atoms with Gasteiger partial charge in [0.25, 0.3) is 0 Å². The molecule has 0 heterocycles. The van der Waals surface area contributed by atoms with Gasteiger partial charge < -0.3 is 16.2 Å². The smallest absolute Gasteiger partial charge is 0.326 e. The topological polar surface area (TPSA) is 127 Å². The summed E-state index contributed by atoms with van der Waals surface area (Å²) in [5, 5.41) is 11.2. The van der Waals surface area contributed by atoms with Crippen molar-refractivity contribution in [2.45, 2.75) is 45.1 Å². The lowest BCUT2D eigenvalue weighted by Crippen LogP contribution is -2.40. The molecule has 18 heavy (non-hydrogen) atoms. The maximum absolute atomic E-state index is 11.3. The van der Waals surface area contributed by atoms with E-state index >= 15 is 0 Å². The highest BCUT2D eigenvalue weighted by Crippen LogP contribution is 2.03. The molecule has 0 aromatic heterocycles. The number of carboxylic acids is 1. The summed E-state index contributed by atoms with van der Waals surface area (Å²) < 4.78 is 0. The molecule has 0 aliphatic carbocycles. The summed E-state index contributed by atoms with van der Waals surface area (Å²) in [4.78, 5) is 43.7. The molecule has 0 rings (SSSR count). The van der Waals surface area contributed by atoms with Crippen LogP contribution in [0.3, 0.4) is 0 Å². The van der Waals surface area contributed by atoms with Gasteiger partial charge in [0.15, 0.2) is 0 Å². The van der Waals surface area contributed by atoms with E-state index in [2.05, 4.69) is 5.32 Å². The average molecular weight is 258 g/mol. The third-order valence-electron chi connectivity index (χ3n) is 2.32. The van der Waals surface area contributed by atoms with Gasteiger partial charge in [0.05, 0.1) is 0 Å². The van der Waals surface area contributed by atoms with Crippen LogP contribution in [0.1, 0.15) is 39.0 Å². The van der Waals surface area contributed by atoms with Gasteiger partial charge in [0, 0.05) is 25.7 Å². The van der Waals surface area contributed by atoms with Gasteiger partial charge in [0.2, 0.25) is 11.8 Å². The number of ketones is 1. The van der Waals surface area contributed by atoms with Crippen LogP contribution >= 0.6 is 0 Å². The summed E-state index contributed by atoms with van der Waals surface area (Å²) in [5.74, 6) is -2.38. The van der Waals surface area contributed by atoms with Gasteiger partial charge in [-0.25, -0.2) is 4.79 Å². The maximum atomic E-state index is 11.3. The van der Waals surface area contributed by atoms with Crippen molar-refractivity contribution in [2.75, 3.05) is 0 Å². The van der Waals surface area contributed by atoms with E-state index < -0.39 is 17.9 Å². The fourth-order valence-corrected chi connectivity index (χ4v) is 1.25.